The van der Waals surface area contributed by atoms with Crippen molar-refractivity contribution in [3.05, 3.63) is 88.0 Å². The van der Waals surface area contributed by atoms with Crippen molar-refractivity contribution in [3.63, 3.8) is 0 Å². The summed E-state index contributed by atoms with van der Waals surface area (Å²) in [5, 5.41) is 5.57. The van der Waals surface area contributed by atoms with Crippen LogP contribution in [-0.4, -0.2) is 46.0 Å². The van der Waals surface area contributed by atoms with Crippen LogP contribution in [0.15, 0.2) is 83.8 Å². The van der Waals surface area contributed by atoms with Gasteiger partial charge in [-0.15, -0.1) is 0 Å². The summed E-state index contributed by atoms with van der Waals surface area (Å²) in [5.74, 6) is -0.916. The molecule has 1 fully saturated rings. The Kier molecular flexibility index (Phi) is 8.60. The molecule has 0 aliphatic carbocycles. The molecule has 1 heterocycles. The fourth-order valence-electron chi connectivity index (χ4n) is 3.86. The van der Waals surface area contributed by atoms with Crippen molar-refractivity contribution >= 4 is 55.8 Å². The first-order valence-electron chi connectivity index (χ1n) is 11.5. The minimum atomic E-state index is -4.02. The standard InChI is InChI=1S/C26H26IN3O5S/c27-19-12-14-20(15-13-19)30(36(33,34)22-8-2-1-3-9-22)18-25(31)29-24-11-5-4-10-23(24)26(32)28-17-21-7-6-16-35-21/h1-5,8-15,21H,6-7,16-18H2,(H,28,32)(H,29,31)/t21-/m0/s1. The third kappa shape index (κ3) is 6.42. The predicted octanol–water partition coefficient (Wildman–Crippen LogP) is 4.03. The molecule has 8 nitrogen and oxygen atoms in total. The van der Waals surface area contributed by atoms with Crippen molar-refractivity contribution in [2.75, 3.05) is 29.3 Å². The summed E-state index contributed by atoms with van der Waals surface area (Å²) < 4.78 is 34.5. The van der Waals surface area contributed by atoms with Gasteiger partial charge >= 0.3 is 0 Å². The average Bonchev–Trinajstić information content (AvgIpc) is 3.41. The van der Waals surface area contributed by atoms with Crippen LogP contribution in [0.1, 0.15) is 23.2 Å². The maximum absolute atomic E-state index is 13.5. The van der Waals surface area contributed by atoms with E-state index in [1.807, 2.05) is 0 Å². The van der Waals surface area contributed by atoms with Gasteiger partial charge in [0.1, 0.15) is 6.54 Å². The van der Waals surface area contributed by atoms with E-state index in [4.69, 9.17) is 4.74 Å². The van der Waals surface area contributed by atoms with E-state index < -0.39 is 22.5 Å². The van der Waals surface area contributed by atoms with Gasteiger partial charge in [-0.05, 0) is 84.0 Å². The van der Waals surface area contributed by atoms with Crippen LogP contribution in [-0.2, 0) is 19.6 Å². The van der Waals surface area contributed by atoms with Gasteiger partial charge in [0.2, 0.25) is 5.91 Å². The van der Waals surface area contributed by atoms with Gasteiger partial charge in [0, 0.05) is 16.7 Å². The van der Waals surface area contributed by atoms with Crippen molar-refractivity contribution in [3.8, 4) is 0 Å². The molecule has 0 spiro atoms. The lowest BCUT2D eigenvalue weighted by Gasteiger charge is -2.24. The number of halogens is 1. The summed E-state index contributed by atoms with van der Waals surface area (Å²) in [6.45, 7) is 0.608. The lowest BCUT2D eigenvalue weighted by Crippen LogP contribution is -2.38. The number of hydrogen-bond donors (Lipinski definition) is 2. The molecule has 0 unspecified atom stereocenters. The number of ether oxygens (including phenoxy) is 1. The first kappa shape index (κ1) is 26.1. The Labute approximate surface area is 224 Å². The molecular formula is C26H26IN3O5S. The zero-order valence-electron chi connectivity index (χ0n) is 19.4. The fraction of sp³-hybridized carbons (Fsp3) is 0.231. The highest BCUT2D eigenvalue weighted by Crippen LogP contribution is 2.25. The number of amides is 2. The second-order valence-corrected chi connectivity index (χ2v) is 11.3. The fourth-order valence-corrected chi connectivity index (χ4v) is 5.66. The summed E-state index contributed by atoms with van der Waals surface area (Å²) in [6, 6.07) is 21.4. The Balaban J connectivity index is 1.54. The molecule has 0 aromatic heterocycles. The molecule has 3 aromatic carbocycles. The van der Waals surface area contributed by atoms with E-state index in [0.29, 0.717) is 24.5 Å². The van der Waals surface area contributed by atoms with E-state index in [1.54, 1.807) is 66.7 Å². The molecular weight excluding hydrogens is 593 g/mol. The van der Waals surface area contributed by atoms with E-state index in [0.717, 1.165) is 20.7 Å². The van der Waals surface area contributed by atoms with E-state index in [2.05, 4.69) is 33.2 Å². The summed E-state index contributed by atoms with van der Waals surface area (Å²) in [5.41, 5.74) is 0.944. The third-order valence-corrected chi connectivity index (χ3v) is 8.20. The van der Waals surface area contributed by atoms with Crippen LogP contribution in [0.5, 0.6) is 0 Å². The molecule has 36 heavy (non-hydrogen) atoms. The molecule has 2 N–H and O–H groups in total. The summed E-state index contributed by atoms with van der Waals surface area (Å²) in [6.07, 6.45) is 1.85. The number of anilines is 2. The zero-order chi connectivity index (χ0) is 25.5. The normalized spacial score (nSPS) is 15.3. The molecule has 10 heteroatoms. The van der Waals surface area contributed by atoms with Gasteiger partial charge in [-0.1, -0.05) is 30.3 Å². The third-order valence-electron chi connectivity index (χ3n) is 5.69. The molecule has 4 rings (SSSR count). The van der Waals surface area contributed by atoms with Crippen LogP contribution in [0.3, 0.4) is 0 Å². The molecule has 1 atom stereocenters. The topological polar surface area (TPSA) is 105 Å². The van der Waals surface area contributed by atoms with Gasteiger partial charge in [-0.2, -0.15) is 0 Å². The summed E-state index contributed by atoms with van der Waals surface area (Å²) >= 11 is 2.13. The molecule has 3 aromatic rings. The second kappa shape index (κ2) is 11.8. The van der Waals surface area contributed by atoms with Crippen LogP contribution >= 0.6 is 22.6 Å². The van der Waals surface area contributed by atoms with Gasteiger partial charge in [-0.25, -0.2) is 8.42 Å². The highest BCUT2D eigenvalue weighted by molar-refractivity contribution is 14.1. The molecule has 2 amide bonds. The second-order valence-electron chi connectivity index (χ2n) is 8.24. The van der Waals surface area contributed by atoms with Gasteiger partial charge in [0.15, 0.2) is 0 Å². The Morgan fingerprint density at radius 2 is 1.67 bits per heavy atom. The lowest BCUT2D eigenvalue weighted by molar-refractivity contribution is -0.114. The van der Waals surface area contributed by atoms with Gasteiger partial charge in [0.25, 0.3) is 15.9 Å². The SMILES string of the molecule is O=C(CN(c1ccc(I)cc1)S(=O)(=O)c1ccccc1)Nc1ccccc1C(=O)NC[C@@H]1CCCO1. The van der Waals surface area contributed by atoms with Gasteiger partial charge < -0.3 is 15.4 Å². The smallest absolute Gasteiger partial charge is 0.264 e. The molecule has 1 saturated heterocycles. The monoisotopic (exact) mass is 619 g/mol. The molecule has 0 bridgehead atoms. The van der Waals surface area contributed by atoms with E-state index in [1.165, 1.54) is 12.1 Å². The number of nitrogens with one attached hydrogen (secondary N) is 2. The number of carbonyl (C=O) groups excluding carboxylic acids is 2. The number of sulfonamides is 1. The summed E-state index contributed by atoms with van der Waals surface area (Å²) in [4.78, 5) is 26.0. The van der Waals surface area contributed by atoms with Crippen molar-refractivity contribution in [1.82, 2.24) is 5.32 Å². The summed E-state index contributed by atoms with van der Waals surface area (Å²) in [7, 11) is -4.02. The maximum atomic E-state index is 13.5. The van der Waals surface area contributed by atoms with Gasteiger partial charge in [-0.3, -0.25) is 13.9 Å². The average molecular weight is 619 g/mol. The van der Waals surface area contributed by atoms with Crippen LogP contribution in [0, 0.1) is 3.57 Å². The number of nitrogens with zero attached hydrogens (tertiary/aromatic N) is 1. The van der Waals surface area contributed by atoms with Crippen molar-refractivity contribution in [2.45, 2.75) is 23.8 Å². The molecule has 1 aliphatic rings. The zero-order valence-corrected chi connectivity index (χ0v) is 22.4. The number of carbonyl (C=O) groups is 2. The number of benzene rings is 3. The minimum Gasteiger partial charge on any atom is -0.376 e. The Morgan fingerprint density at radius 3 is 2.36 bits per heavy atom. The Bertz CT molecular complexity index is 1310. The Hall–Kier alpha value is -2.96. The molecule has 0 radical (unpaired) electrons. The van der Waals surface area contributed by atoms with Crippen LogP contribution in [0.2, 0.25) is 0 Å². The highest BCUT2D eigenvalue weighted by Gasteiger charge is 2.27. The van der Waals surface area contributed by atoms with Crippen molar-refractivity contribution in [1.29, 1.82) is 0 Å². The quantitative estimate of drug-likeness (QED) is 0.352. The van der Waals surface area contributed by atoms with Crippen LogP contribution < -0.4 is 14.9 Å². The van der Waals surface area contributed by atoms with Crippen molar-refractivity contribution < 1.29 is 22.7 Å². The van der Waals surface area contributed by atoms with Crippen LogP contribution in [0.4, 0.5) is 11.4 Å². The predicted molar refractivity (Wildman–Crippen MR) is 147 cm³/mol. The minimum absolute atomic E-state index is 0.0126. The first-order chi connectivity index (χ1) is 17.3. The van der Waals surface area contributed by atoms with Crippen LogP contribution in [0.25, 0.3) is 0 Å². The van der Waals surface area contributed by atoms with Gasteiger partial charge in [0.05, 0.1) is 27.9 Å². The Morgan fingerprint density at radius 1 is 0.972 bits per heavy atom. The first-order valence-corrected chi connectivity index (χ1v) is 14.0. The lowest BCUT2D eigenvalue weighted by atomic mass is 10.1. The number of hydrogen-bond acceptors (Lipinski definition) is 5. The maximum Gasteiger partial charge on any atom is 0.264 e. The van der Waals surface area contributed by atoms with E-state index >= 15 is 0 Å². The largest absolute Gasteiger partial charge is 0.376 e. The van der Waals surface area contributed by atoms with E-state index in [-0.39, 0.29) is 22.5 Å². The van der Waals surface area contributed by atoms with E-state index in [9.17, 15) is 18.0 Å². The van der Waals surface area contributed by atoms with Crippen molar-refractivity contribution in [2.24, 2.45) is 0 Å². The molecule has 188 valence electrons. The highest BCUT2D eigenvalue weighted by atomic mass is 127. The molecule has 0 saturated carbocycles. The number of para-hydroxylation sites is 1. The molecule has 1 aliphatic heterocycles. The number of rotatable bonds is 9.